The minimum absolute atomic E-state index is 0.432. The van der Waals surface area contributed by atoms with E-state index in [0.717, 1.165) is 37.5 Å². The Bertz CT molecular complexity index is 425. The van der Waals surface area contributed by atoms with Gasteiger partial charge in [-0.25, -0.2) is 0 Å². The first kappa shape index (κ1) is 15.7. The summed E-state index contributed by atoms with van der Waals surface area (Å²) in [7, 11) is 3.50. The lowest BCUT2D eigenvalue weighted by Crippen LogP contribution is -2.28. The third-order valence-corrected chi connectivity index (χ3v) is 4.98. The zero-order chi connectivity index (χ0) is 14.4. The van der Waals surface area contributed by atoms with Crippen molar-refractivity contribution in [2.45, 2.75) is 31.1 Å². The Morgan fingerprint density at radius 3 is 2.90 bits per heavy atom. The summed E-state index contributed by atoms with van der Waals surface area (Å²) in [6, 6.07) is 6.91. The number of ether oxygens (including phenoxy) is 2. The molecule has 112 valence electrons. The Kier molecular flexibility index (Phi) is 6.20. The second-order valence-electron chi connectivity index (χ2n) is 5.10. The van der Waals surface area contributed by atoms with E-state index >= 15 is 0 Å². The molecule has 0 saturated heterocycles. The third-order valence-electron chi connectivity index (χ3n) is 3.71. The van der Waals surface area contributed by atoms with Crippen LogP contribution in [0.15, 0.2) is 18.2 Å². The summed E-state index contributed by atoms with van der Waals surface area (Å²) in [5.41, 5.74) is 2.86. The van der Waals surface area contributed by atoms with Gasteiger partial charge in [-0.3, -0.25) is 0 Å². The van der Waals surface area contributed by atoms with E-state index in [1.807, 2.05) is 11.8 Å². The highest BCUT2D eigenvalue weighted by molar-refractivity contribution is 8.00. The van der Waals surface area contributed by atoms with Gasteiger partial charge in [0.15, 0.2) is 0 Å². The number of fused-ring (bicyclic) bond motifs is 1. The molecule has 0 bridgehead atoms. The molecule has 0 heterocycles. The van der Waals surface area contributed by atoms with Gasteiger partial charge in [0.05, 0.1) is 13.7 Å². The van der Waals surface area contributed by atoms with E-state index in [1.165, 1.54) is 11.1 Å². The molecular weight excluding hydrogens is 270 g/mol. The van der Waals surface area contributed by atoms with E-state index in [0.29, 0.717) is 11.3 Å². The molecule has 4 heteroatoms. The largest absolute Gasteiger partial charge is 0.497 e. The van der Waals surface area contributed by atoms with E-state index in [1.54, 1.807) is 14.2 Å². The molecule has 1 aromatic carbocycles. The second-order valence-corrected chi connectivity index (χ2v) is 6.45. The third kappa shape index (κ3) is 3.68. The fourth-order valence-corrected chi connectivity index (χ4v) is 3.99. The van der Waals surface area contributed by atoms with Gasteiger partial charge >= 0.3 is 0 Å². The minimum Gasteiger partial charge on any atom is -0.497 e. The first-order chi connectivity index (χ1) is 9.80. The maximum atomic E-state index is 5.37. The lowest BCUT2D eigenvalue weighted by Gasteiger charge is -2.21. The Balaban J connectivity index is 2.11. The Hall–Kier alpha value is -0.710. The Morgan fingerprint density at radius 2 is 2.20 bits per heavy atom. The number of methoxy groups -OCH3 is 2. The van der Waals surface area contributed by atoms with Gasteiger partial charge in [0, 0.05) is 24.2 Å². The number of thioether (sulfide) groups is 1. The molecule has 2 atom stereocenters. The minimum atomic E-state index is 0.432. The molecule has 2 unspecified atom stereocenters. The molecule has 0 amide bonds. The van der Waals surface area contributed by atoms with Crippen molar-refractivity contribution < 1.29 is 9.47 Å². The van der Waals surface area contributed by atoms with E-state index in [4.69, 9.17) is 9.47 Å². The van der Waals surface area contributed by atoms with Gasteiger partial charge in [-0.05, 0) is 42.6 Å². The van der Waals surface area contributed by atoms with Gasteiger partial charge in [-0.15, -0.1) is 0 Å². The zero-order valence-corrected chi connectivity index (χ0v) is 13.5. The van der Waals surface area contributed by atoms with Crippen LogP contribution in [-0.2, 0) is 11.2 Å². The molecule has 1 N–H and O–H groups in total. The number of hydrogen-bond acceptors (Lipinski definition) is 4. The number of benzene rings is 1. The molecule has 0 aromatic heterocycles. The zero-order valence-electron chi connectivity index (χ0n) is 12.6. The summed E-state index contributed by atoms with van der Waals surface area (Å²) in [5, 5.41) is 4.29. The molecule has 1 aromatic rings. The molecule has 0 spiro atoms. The van der Waals surface area contributed by atoms with Crippen molar-refractivity contribution >= 4 is 11.8 Å². The van der Waals surface area contributed by atoms with Crippen molar-refractivity contribution in [3.8, 4) is 5.75 Å². The van der Waals surface area contributed by atoms with Gasteiger partial charge in [-0.1, -0.05) is 13.0 Å². The van der Waals surface area contributed by atoms with Crippen LogP contribution in [0.25, 0.3) is 0 Å². The predicted molar refractivity (Wildman–Crippen MR) is 85.9 cm³/mol. The normalized spacial score (nSPS) is 20.9. The molecule has 0 radical (unpaired) electrons. The molecule has 0 aliphatic heterocycles. The first-order valence-corrected chi connectivity index (χ1v) is 8.35. The SMILES string of the molecule is CCCNC1c2cc(OC)ccc2CC1SCCOC. The fraction of sp³-hybridized carbons (Fsp3) is 0.625. The van der Waals surface area contributed by atoms with Gasteiger partial charge in [0.2, 0.25) is 0 Å². The standard InChI is InChI=1S/C16H25NO2S/c1-4-7-17-16-14-11-13(19-3)6-5-12(14)10-15(16)20-9-8-18-2/h5-6,11,15-17H,4,7-10H2,1-3H3. The van der Waals surface area contributed by atoms with Crippen LogP contribution in [0.5, 0.6) is 5.75 Å². The fourth-order valence-electron chi connectivity index (χ4n) is 2.69. The molecule has 0 fully saturated rings. The predicted octanol–water partition coefficient (Wildman–Crippen LogP) is 3.04. The number of rotatable bonds is 8. The van der Waals surface area contributed by atoms with E-state index in [-0.39, 0.29) is 0 Å². The molecule has 0 saturated carbocycles. The van der Waals surface area contributed by atoms with E-state index in [9.17, 15) is 0 Å². The average Bonchev–Trinajstić information content (AvgIpc) is 2.82. The lowest BCUT2D eigenvalue weighted by molar-refractivity contribution is 0.218. The highest BCUT2D eigenvalue weighted by Crippen LogP contribution is 2.40. The maximum Gasteiger partial charge on any atom is 0.119 e. The highest BCUT2D eigenvalue weighted by Gasteiger charge is 2.32. The summed E-state index contributed by atoms with van der Waals surface area (Å²) >= 11 is 2.01. The Labute approximate surface area is 126 Å². The van der Waals surface area contributed by atoms with Gasteiger partial charge in [0.1, 0.15) is 5.75 Å². The smallest absolute Gasteiger partial charge is 0.119 e. The maximum absolute atomic E-state index is 5.37. The molecule has 1 aliphatic rings. The lowest BCUT2D eigenvalue weighted by atomic mass is 10.1. The molecule has 3 nitrogen and oxygen atoms in total. The van der Waals surface area contributed by atoms with Crippen LogP contribution >= 0.6 is 11.8 Å². The molecular formula is C16H25NO2S. The summed E-state index contributed by atoms with van der Waals surface area (Å²) in [6.45, 7) is 4.09. The van der Waals surface area contributed by atoms with Gasteiger partial charge in [-0.2, -0.15) is 11.8 Å². The summed E-state index contributed by atoms with van der Waals surface area (Å²) < 4.78 is 10.5. The van der Waals surface area contributed by atoms with Crippen LogP contribution in [0.3, 0.4) is 0 Å². The number of hydrogen-bond donors (Lipinski definition) is 1. The average molecular weight is 295 g/mol. The highest BCUT2D eigenvalue weighted by atomic mass is 32.2. The second kappa shape index (κ2) is 7.91. The summed E-state index contributed by atoms with van der Waals surface area (Å²) in [4.78, 5) is 0. The van der Waals surface area contributed by atoms with Crippen LogP contribution in [-0.4, -0.2) is 38.4 Å². The van der Waals surface area contributed by atoms with Crippen molar-refractivity contribution in [1.82, 2.24) is 5.32 Å². The molecule has 2 rings (SSSR count). The van der Waals surface area contributed by atoms with E-state index in [2.05, 4.69) is 30.4 Å². The summed E-state index contributed by atoms with van der Waals surface area (Å²) in [6.07, 6.45) is 2.29. The van der Waals surface area contributed by atoms with Crippen LogP contribution < -0.4 is 10.1 Å². The summed E-state index contributed by atoms with van der Waals surface area (Å²) in [5.74, 6) is 2.01. The van der Waals surface area contributed by atoms with Crippen LogP contribution in [0, 0.1) is 0 Å². The van der Waals surface area contributed by atoms with Crippen molar-refractivity contribution in [3.63, 3.8) is 0 Å². The van der Waals surface area contributed by atoms with E-state index < -0.39 is 0 Å². The first-order valence-electron chi connectivity index (χ1n) is 7.30. The molecule has 1 aliphatic carbocycles. The quantitative estimate of drug-likeness (QED) is 0.747. The van der Waals surface area contributed by atoms with Gasteiger partial charge < -0.3 is 14.8 Å². The van der Waals surface area contributed by atoms with Crippen molar-refractivity contribution in [3.05, 3.63) is 29.3 Å². The monoisotopic (exact) mass is 295 g/mol. The van der Waals surface area contributed by atoms with Crippen molar-refractivity contribution in [2.24, 2.45) is 0 Å². The molecule has 20 heavy (non-hydrogen) atoms. The van der Waals surface area contributed by atoms with Crippen LogP contribution in [0.1, 0.15) is 30.5 Å². The van der Waals surface area contributed by atoms with Crippen LogP contribution in [0.2, 0.25) is 0 Å². The Morgan fingerprint density at radius 1 is 1.35 bits per heavy atom. The number of nitrogens with one attached hydrogen (secondary N) is 1. The van der Waals surface area contributed by atoms with Gasteiger partial charge in [0.25, 0.3) is 0 Å². The van der Waals surface area contributed by atoms with Crippen molar-refractivity contribution in [1.29, 1.82) is 0 Å². The topological polar surface area (TPSA) is 30.5 Å². The van der Waals surface area contributed by atoms with Crippen molar-refractivity contribution in [2.75, 3.05) is 33.1 Å². The van der Waals surface area contributed by atoms with Crippen LogP contribution in [0.4, 0.5) is 0 Å².